The van der Waals surface area contributed by atoms with E-state index in [2.05, 4.69) is 43.0 Å². The lowest BCUT2D eigenvalue weighted by molar-refractivity contribution is 0.649. The van der Waals surface area contributed by atoms with Crippen molar-refractivity contribution in [3.63, 3.8) is 0 Å². The molecule has 102 valence electrons. The van der Waals surface area contributed by atoms with E-state index in [1.54, 1.807) is 0 Å². The molecule has 1 heterocycles. The second kappa shape index (κ2) is 5.03. The summed E-state index contributed by atoms with van der Waals surface area (Å²) in [5, 5.41) is 11.5. The molecule has 0 bridgehead atoms. The number of benzene rings is 2. The van der Waals surface area contributed by atoms with Crippen molar-refractivity contribution in [2.75, 3.05) is 23.7 Å². The van der Waals surface area contributed by atoms with Crippen LogP contribution in [0.4, 0.5) is 5.69 Å². The van der Waals surface area contributed by atoms with Crippen LogP contribution < -0.4 is 4.90 Å². The Balaban J connectivity index is 2.11. The van der Waals surface area contributed by atoms with Crippen LogP contribution in [0.15, 0.2) is 36.4 Å². The second-order valence-corrected chi connectivity index (χ2v) is 7.62. The van der Waals surface area contributed by atoms with Gasteiger partial charge in [-0.15, -0.1) is 0 Å². The Morgan fingerprint density at radius 2 is 1.90 bits per heavy atom. The fraction of sp³-hybridized carbons (Fsp3) is 0.353. The third-order valence-electron chi connectivity index (χ3n) is 3.79. The van der Waals surface area contributed by atoms with Gasteiger partial charge in [0.25, 0.3) is 0 Å². The van der Waals surface area contributed by atoms with Crippen LogP contribution in [-0.2, 0) is 0 Å². The first-order valence-electron chi connectivity index (χ1n) is 6.91. The number of anilines is 1. The van der Waals surface area contributed by atoms with Gasteiger partial charge in [-0.25, -0.2) is 0 Å². The van der Waals surface area contributed by atoms with Crippen molar-refractivity contribution in [2.45, 2.75) is 18.6 Å². The van der Waals surface area contributed by atoms with E-state index in [-0.39, 0.29) is 4.75 Å². The van der Waals surface area contributed by atoms with Gasteiger partial charge in [0.1, 0.15) is 0 Å². The molecule has 2 aromatic carbocycles. The van der Waals surface area contributed by atoms with E-state index in [1.165, 1.54) is 11.1 Å². The Kier molecular flexibility index (Phi) is 3.35. The summed E-state index contributed by atoms with van der Waals surface area (Å²) in [5.74, 6) is 1.15. The lowest BCUT2D eigenvalue weighted by atomic mass is 10.0. The van der Waals surface area contributed by atoms with Gasteiger partial charge in [0.15, 0.2) is 0 Å². The fourth-order valence-electron chi connectivity index (χ4n) is 2.88. The average Bonchev–Trinajstić information content (AvgIpc) is 2.45. The van der Waals surface area contributed by atoms with E-state index in [0.717, 1.165) is 29.8 Å². The van der Waals surface area contributed by atoms with E-state index in [1.807, 2.05) is 30.0 Å². The van der Waals surface area contributed by atoms with Gasteiger partial charge in [-0.2, -0.15) is 17.0 Å². The summed E-state index contributed by atoms with van der Waals surface area (Å²) in [6, 6.07) is 14.6. The van der Waals surface area contributed by atoms with Crippen molar-refractivity contribution in [2.24, 2.45) is 0 Å². The second-order valence-electron chi connectivity index (χ2n) is 5.82. The number of nitrogens with zero attached hydrogens (tertiary/aromatic N) is 2. The van der Waals surface area contributed by atoms with Crippen molar-refractivity contribution < 1.29 is 0 Å². The highest BCUT2D eigenvalue weighted by atomic mass is 32.2. The van der Waals surface area contributed by atoms with Gasteiger partial charge in [-0.1, -0.05) is 24.3 Å². The van der Waals surface area contributed by atoms with Crippen LogP contribution in [0.25, 0.3) is 10.8 Å². The maximum Gasteiger partial charge on any atom is 0.0998 e. The van der Waals surface area contributed by atoms with Gasteiger partial charge in [0, 0.05) is 40.0 Å². The summed E-state index contributed by atoms with van der Waals surface area (Å²) in [6.07, 6.45) is 0. The predicted molar refractivity (Wildman–Crippen MR) is 87.4 cm³/mol. The molecule has 3 heteroatoms. The number of nitriles is 1. The minimum atomic E-state index is 0.285. The molecule has 2 nitrogen and oxygen atoms in total. The first kappa shape index (κ1) is 13.3. The molecule has 1 aliphatic heterocycles. The van der Waals surface area contributed by atoms with E-state index < -0.39 is 0 Å². The summed E-state index contributed by atoms with van der Waals surface area (Å²) >= 11 is 2.04. The Bertz CT molecular complexity index is 685. The van der Waals surface area contributed by atoms with Crippen molar-refractivity contribution in [3.05, 3.63) is 42.0 Å². The largest absolute Gasteiger partial charge is 0.369 e. The predicted octanol–water partition coefficient (Wildman–Crippen LogP) is 4.04. The lowest BCUT2D eigenvalue weighted by Crippen LogP contribution is -2.43. The minimum Gasteiger partial charge on any atom is -0.369 e. The number of hydrogen-bond acceptors (Lipinski definition) is 3. The number of hydrogen-bond donors (Lipinski definition) is 0. The minimum absolute atomic E-state index is 0.285. The molecule has 1 saturated heterocycles. The summed E-state index contributed by atoms with van der Waals surface area (Å²) in [7, 11) is 0. The van der Waals surface area contributed by atoms with Crippen molar-refractivity contribution >= 4 is 28.2 Å². The molecule has 1 fully saturated rings. The zero-order chi connectivity index (χ0) is 14.2. The van der Waals surface area contributed by atoms with Gasteiger partial charge >= 0.3 is 0 Å². The molecule has 0 amide bonds. The first-order chi connectivity index (χ1) is 9.61. The van der Waals surface area contributed by atoms with E-state index in [9.17, 15) is 5.26 Å². The standard InChI is InChI=1S/C17H18N2S/c1-17(2)12-19(9-10-20-17)16-8-7-13(11-18)14-5-3-4-6-15(14)16/h3-8H,9-10,12H2,1-2H3. The van der Waals surface area contributed by atoms with Gasteiger partial charge in [0.2, 0.25) is 0 Å². The summed E-state index contributed by atoms with van der Waals surface area (Å²) in [5.41, 5.74) is 2.02. The number of fused-ring (bicyclic) bond motifs is 1. The zero-order valence-electron chi connectivity index (χ0n) is 11.9. The third-order valence-corrected chi connectivity index (χ3v) is 5.09. The van der Waals surface area contributed by atoms with Crippen LogP contribution in [-0.4, -0.2) is 23.6 Å². The van der Waals surface area contributed by atoms with Gasteiger partial charge in [0.05, 0.1) is 11.6 Å². The van der Waals surface area contributed by atoms with Crippen molar-refractivity contribution in [1.82, 2.24) is 0 Å². The topological polar surface area (TPSA) is 27.0 Å². The maximum absolute atomic E-state index is 9.25. The molecule has 0 radical (unpaired) electrons. The van der Waals surface area contributed by atoms with Gasteiger partial charge < -0.3 is 4.90 Å². The summed E-state index contributed by atoms with van der Waals surface area (Å²) in [6.45, 7) is 6.73. The molecular formula is C17H18N2S. The Labute approximate surface area is 124 Å². The molecule has 0 saturated carbocycles. The van der Waals surface area contributed by atoms with Gasteiger partial charge in [-0.05, 0) is 26.0 Å². The SMILES string of the molecule is CC1(C)CN(c2ccc(C#N)c3ccccc23)CCS1. The van der Waals surface area contributed by atoms with Crippen LogP contribution in [0.1, 0.15) is 19.4 Å². The highest BCUT2D eigenvalue weighted by Crippen LogP contribution is 2.36. The molecule has 20 heavy (non-hydrogen) atoms. The van der Waals surface area contributed by atoms with Crippen LogP contribution in [0.2, 0.25) is 0 Å². The lowest BCUT2D eigenvalue weighted by Gasteiger charge is -2.39. The van der Waals surface area contributed by atoms with Crippen molar-refractivity contribution in [3.8, 4) is 6.07 Å². The molecule has 0 spiro atoms. The summed E-state index contributed by atoms with van der Waals surface area (Å²) < 4.78 is 0.285. The van der Waals surface area contributed by atoms with E-state index in [4.69, 9.17) is 0 Å². The van der Waals surface area contributed by atoms with E-state index >= 15 is 0 Å². The van der Waals surface area contributed by atoms with Gasteiger partial charge in [-0.3, -0.25) is 0 Å². The zero-order valence-corrected chi connectivity index (χ0v) is 12.7. The Morgan fingerprint density at radius 3 is 2.60 bits per heavy atom. The molecule has 0 aromatic heterocycles. The highest BCUT2D eigenvalue weighted by molar-refractivity contribution is 8.00. The highest BCUT2D eigenvalue weighted by Gasteiger charge is 2.27. The van der Waals surface area contributed by atoms with Crippen molar-refractivity contribution in [1.29, 1.82) is 5.26 Å². The summed E-state index contributed by atoms with van der Waals surface area (Å²) in [4.78, 5) is 2.46. The first-order valence-corrected chi connectivity index (χ1v) is 7.90. The fourth-order valence-corrected chi connectivity index (χ4v) is 3.99. The molecule has 0 N–H and O–H groups in total. The van der Waals surface area contributed by atoms with E-state index in [0.29, 0.717) is 0 Å². The van der Waals surface area contributed by atoms with Crippen LogP contribution >= 0.6 is 11.8 Å². The molecule has 0 aliphatic carbocycles. The average molecular weight is 282 g/mol. The maximum atomic E-state index is 9.25. The Morgan fingerprint density at radius 1 is 1.15 bits per heavy atom. The smallest absolute Gasteiger partial charge is 0.0998 e. The molecule has 3 rings (SSSR count). The molecule has 0 atom stereocenters. The number of thioether (sulfide) groups is 1. The van der Waals surface area contributed by atoms with Crippen LogP contribution in [0, 0.1) is 11.3 Å². The molecule has 1 aliphatic rings. The molecule has 2 aromatic rings. The Hall–Kier alpha value is -1.66. The quantitative estimate of drug-likeness (QED) is 0.789. The van der Waals surface area contributed by atoms with Crippen LogP contribution in [0.3, 0.4) is 0 Å². The molecule has 0 unspecified atom stereocenters. The molecular weight excluding hydrogens is 264 g/mol. The monoisotopic (exact) mass is 282 g/mol. The number of rotatable bonds is 1. The normalized spacial score (nSPS) is 17.9. The van der Waals surface area contributed by atoms with Crippen LogP contribution in [0.5, 0.6) is 0 Å². The third kappa shape index (κ3) is 2.36.